The molecular formula is C30H23Cl3N4O3S. The first-order chi connectivity index (χ1) is 19.7. The summed E-state index contributed by atoms with van der Waals surface area (Å²) in [6.07, 6.45) is 2.94. The van der Waals surface area contributed by atoms with Crippen molar-refractivity contribution in [2.24, 2.45) is 0 Å². The minimum atomic E-state index is -0.552. The van der Waals surface area contributed by atoms with Gasteiger partial charge in [0.1, 0.15) is 11.5 Å². The molecule has 1 heterocycles. The minimum Gasteiger partial charge on any atom is -0.321 e. The molecule has 7 nitrogen and oxygen atoms in total. The van der Waals surface area contributed by atoms with Crippen LogP contribution in [0.3, 0.4) is 0 Å². The lowest BCUT2D eigenvalue weighted by molar-refractivity contribution is -0.115. The molecule has 0 aliphatic heterocycles. The van der Waals surface area contributed by atoms with E-state index in [1.54, 1.807) is 91.9 Å². The summed E-state index contributed by atoms with van der Waals surface area (Å²) in [4.78, 5) is 43.6. The number of rotatable bonds is 9. The van der Waals surface area contributed by atoms with Crippen molar-refractivity contribution < 1.29 is 14.4 Å². The van der Waals surface area contributed by atoms with E-state index >= 15 is 0 Å². The molecule has 4 aromatic rings. The molecule has 3 aromatic carbocycles. The van der Waals surface area contributed by atoms with E-state index in [4.69, 9.17) is 34.8 Å². The number of aromatic nitrogens is 1. The molecule has 41 heavy (non-hydrogen) atoms. The Bertz CT molecular complexity index is 1580. The zero-order valence-electron chi connectivity index (χ0n) is 21.5. The van der Waals surface area contributed by atoms with Gasteiger partial charge >= 0.3 is 0 Å². The Balaban J connectivity index is 1.45. The fourth-order valence-corrected chi connectivity index (χ4v) is 4.91. The molecule has 11 heteroatoms. The van der Waals surface area contributed by atoms with Crippen LogP contribution in [-0.2, 0) is 9.59 Å². The van der Waals surface area contributed by atoms with Gasteiger partial charge in [0.05, 0.1) is 10.3 Å². The van der Waals surface area contributed by atoms with Crippen LogP contribution in [0.2, 0.25) is 15.1 Å². The summed E-state index contributed by atoms with van der Waals surface area (Å²) in [5, 5.41) is 9.04. The monoisotopic (exact) mass is 624 g/mol. The molecule has 4 rings (SSSR count). The lowest BCUT2D eigenvalue weighted by Gasteiger charge is -2.13. The number of nitrogens with zero attached hydrogens (tertiary/aromatic N) is 1. The van der Waals surface area contributed by atoms with E-state index in [0.29, 0.717) is 37.7 Å². The Hall–Kier alpha value is -3.82. The van der Waals surface area contributed by atoms with Crippen LogP contribution >= 0.6 is 46.6 Å². The van der Waals surface area contributed by atoms with Crippen molar-refractivity contribution >= 4 is 81.9 Å². The highest BCUT2D eigenvalue weighted by Gasteiger charge is 2.17. The average Bonchev–Trinajstić information content (AvgIpc) is 2.96. The Labute approximate surface area is 256 Å². The largest absolute Gasteiger partial charge is 0.321 e. The first-order valence-electron chi connectivity index (χ1n) is 12.2. The lowest BCUT2D eigenvalue weighted by atomic mass is 10.1. The molecule has 1 atom stereocenters. The summed E-state index contributed by atoms with van der Waals surface area (Å²) < 4.78 is 0. The molecule has 0 aliphatic rings. The lowest BCUT2D eigenvalue weighted by Crippen LogP contribution is -2.30. The maximum atomic E-state index is 13.3. The van der Waals surface area contributed by atoms with Gasteiger partial charge in [-0.25, -0.2) is 4.98 Å². The van der Waals surface area contributed by atoms with Crippen molar-refractivity contribution in [1.82, 2.24) is 10.3 Å². The van der Waals surface area contributed by atoms with Crippen LogP contribution in [0.5, 0.6) is 0 Å². The minimum absolute atomic E-state index is 0.0115. The van der Waals surface area contributed by atoms with Gasteiger partial charge in [-0.2, -0.15) is 0 Å². The third-order valence-corrected chi connectivity index (χ3v) is 7.46. The number of nitrogens with one attached hydrogen (secondary N) is 3. The van der Waals surface area contributed by atoms with Gasteiger partial charge in [-0.3, -0.25) is 14.4 Å². The number of amides is 3. The molecule has 0 radical (unpaired) electrons. The first kappa shape index (κ1) is 30.1. The quantitative estimate of drug-likeness (QED) is 0.132. The molecule has 0 spiro atoms. The van der Waals surface area contributed by atoms with E-state index < -0.39 is 17.1 Å². The topological polar surface area (TPSA) is 100 Å². The smallest absolute Gasteiger partial charge is 0.272 e. The predicted molar refractivity (Wildman–Crippen MR) is 167 cm³/mol. The fourth-order valence-electron chi connectivity index (χ4n) is 3.47. The summed E-state index contributed by atoms with van der Waals surface area (Å²) in [5.74, 6) is -0.811. The van der Waals surface area contributed by atoms with E-state index in [0.717, 1.165) is 4.90 Å². The number of thioether (sulfide) groups is 1. The van der Waals surface area contributed by atoms with Crippen molar-refractivity contribution in [3.8, 4) is 0 Å². The Morgan fingerprint density at radius 3 is 2.22 bits per heavy atom. The van der Waals surface area contributed by atoms with E-state index in [1.165, 1.54) is 24.0 Å². The highest BCUT2D eigenvalue weighted by Crippen LogP contribution is 2.26. The van der Waals surface area contributed by atoms with Gasteiger partial charge in [-0.05, 0) is 79.2 Å². The third kappa shape index (κ3) is 8.83. The molecule has 0 aliphatic carbocycles. The molecule has 0 saturated heterocycles. The van der Waals surface area contributed by atoms with Gasteiger partial charge in [0.15, 0.2) is 0 Å². The second-order valence-electron chi connectivity index (χ2n) is 8.63. The maximum Gasteiger partial charge on any atom is 0.272 e. The molecule has 0 bridgehead atoms. The molecule has 208 valence electrons. The van der Waals surface area contributed by atoms with E-state index in [2.05, 4.69) is 20.9 Å². The number of carbonyl (C=O) groups excluding carboxylic acids is 3. The maximum absolute atomic E-state index is 13.3. The summed E-state index contributed by atoms with van der Waals surface area (Å²) in [7, 11) is 0. The van der Waals surface area contributed by atoms with Crippen LogP contribution in [0.15, 0.2) is 102 Å². The van der Waals surface area contributed by atoms with Crippen LogP contribution in [0.25, 0.3) is 6.08 Å². The van der Waals surface area contributed by atoms with Gasteiger partial charge in [0, 0.05) is 32.4 Å². The van der Waals surface area contributed by atoms with Gasteiger partial charge in [-0.15, -0.1) is 11.8 Å². The second kappa shape index (κ2) is 14.2. The summed E-state index contributed by atoms with van der Waals surface area (Å²) in [5.41, 5.74) is 1.37. The van der Waals surface area contributed by atoms with E-state index in [-0.39, 0.29) is 11.6 Å². The molecule has 3 N–H and O–H groups in total. The summed E-state index contributed by atoms with van der Waals surface area (Å²) in [6.45, 7) is 1.78. The SMILES string of the molecule is CC(Sc1ccc(NC(=O)/C(=C/c2ccc(Cl)cc2Cl)NC(=O)c2ccccc2)cc1)C(=O)Nc1ccc(Cl)cn1. The molecule has 0 saturated carbocycles. The standard InChI is InChI=1S/C30H23Cl3N4O3S/c1-18(28(38)37-27-14-9-22(32)17-34-27)41-24-12-10-23(11-13-24)35-30(40)26(15-20-7-8-21(31)16-25(20)33)36-29(39)19-5-3-2-4-6-19/h2-18H,1H3,(H,35,40)(H,36,39)(H,34,37,38)/b26-15-. The average molecular weight is 626 g/mol. The van der Waals surface area contributed by atoms with Gasteiger partial charge in [0.2, 0.25) is 5.91 Å². The second-order valence-corrected chi connectivity index (χ2v) is 11.3. The number of anilines is 2. The normalized spacial score (nSPS) is 11.9. The van der Waals surface area contributed by atoms with Crippen LogP contribution < -0.4 is 16.0 Å². The molecular weight excluding hydrogens is 603 g/mol. The zero-order chi connectivity index (χ0) is 29.4. The van der Waals surface area contributed by atoms with Gasteiger partial charge in [-0.1, -0.05) is 59.1 Å². The highest BCUT2D eigenvalue weighted by atomic mass is 35.5. The number of carbonyl (C=O) groups is 3. The van der Waals surface area contributed by atoms with Crippen molar-refractivity contribution in [3.63, 3.8) is 0 Å². The van der Waals surface area contributed by atoms with Gasteiger partial charge < -0.3 is 16.0 Å². The number of pyridine rings is 1. The fraction of sp³-hybridized carbons (Fsp3) is 0.0667. The van der Waals surface area contributed by atoms with Gasteiger partial charge in [0.25, 0.3) is 11.8 Å². The Morgan fingerprint density at radius 1 is 0.854 bits per heavy atom. The number of benzene rings is 3. The first-order valence-corrected chi connectivity index (χ1v) is 14.2. The molecule has 1 aromatic heterocycles. The molecule has 0 fully saturated rings. The number of halogens is 3. The van der Waals surface area contributed by atoms with Crippen molar-refractivity contribution in [2.75, 3.05) is 10.6 Å². The van der Waals surface area contributed by atoms with Crippen molar-refractivity contribution in [3.05, 3.63) is 123 Å². The van der Waals surface area contributed by atoms with Crippen LogP contribution in [0.1, 0.15) is 22.8 Å². The molecule has 1 unspecified atom stereocenters. The summed E-state index contributed by atoms with van der Waals surface area (Å²) >= 11 is 19.5. The van der Waals surface area contributed by atoms with Crippen molar-refractivity contribution in [2.45, 2.75) is 17.1 Å². The number of hydrogen-bond acceptors (Lipinski definition) is 5. The number of hydrogen-bond donors (Lipinski definition) is 3. The van der Waals surface area contributed by atoms with Crippen LogP contribution in [0, 0.1) is 0 Å². The van der Waals surface area contributed by atoms with Crippen LogP contribution in [-0.4, -0.2) is 28.0 Å². The zero-order valence-corrected chi connectivity index (χ0v) is 24.6. The van der Waals surface area contributed by atoms with Crippen LogP contribution in [0.4, 0.5) is 11.5 Å². The van der Waals surface area contributed by atoms with Crippen molar-refractivity contribution in [1.29, 1.82) is 0 Å². The van der Waals surface area contributed by atoms with E-state index in [1.807, 2.05) is 0 Å². The summed E-state index contributed by atoms with van der Waals surface area (Å²) in [6, 6.07) is 23.6. The van der Waals surface area contributed by atoms with E-state index in [9.17, 15) is 14.4 Å². The third-order valence-electron chi connectivity index (χ3n) is 5.56. The predicted octanol–water partition coefficient (Wildman–Crippen LogP) is 7.57. The Morgan fingerprint density at radius 2 is 1.56 bits per heavy atom. The highest BCUT2D eigenvalue weighted by molar-refractivity contribution is 8.00. The molecule has 3 amide bonds. The Kier molecular flexibility index (Phi) is 10.4.